The number of nitrogens with zero attached hydrogens (tertiary/aromatic N) is 1. The van der Waals surface area contributed by atoms with Gasteiger partial charge in [0.2, 0.25) is 11.8 Å². The molecule has 0 aliphatic carbocycles. The fourth-order valence-electron chi connectivity index (χ4n) is 4.89. The average molecular weight is 413 g/mol. The first kappa shape index (κ1) is 22.2. The fraction of sp³-hybridized carbons (Fsp3) is 0.583. The van der Waals surface area contributed by atoms with Gasteiger partial charge in [0.25, 0.3) is 5.91 Å². The van der Waals surface area contributed by atoms with Crippen LogP contribution in [0.2, 0.25) is 0 Å². The van der Waals surface area contributed by atoms with Crippen LogP contribution in [0.5, 0.6) is 0 Å². The highest BCUT2D eigenvalue weighted by Gasteiger charge is 2.40. The quantitative estimate of drug-likeness (QED) is 0.660. The Hall–Kier alpha value is -2.50. The smallest absolute Gasteiger partial charge is 0.255 e. The van der Waals surface area contributed by atoms with Gasteiger partial charge in [0, 0.05) is 31.4 Å². The number of nitrogens with one attached hydrogen (secondary N) is 1. The topological polar surface area (TPSA) is 83.6 Å². The first-order valence-corrected chi connectivity index (χ1v) is 10.9. The van der Waals surface area contributed by atoms with Crippen molar-refractivity contribution in [2.24, 2.45) is 5.41 Å². The van der Waals surface area contributed by atoms with E-state index in [0.29, 0.717) is 31.4 Å². The minimum absolute atomic E-state index is 0.000568. The van der Waals surface area contributed by atoms with Crippen LogP contribution in [-0.2, 0) is 20.9 Å². The third-order valence-corrected chi connectivity index (χ3v) is 6.29. The predicted molar refractivity (Wildman–Crippen MR) is 114 cm³/mol. The number of hydrogen-bond donors (Lipinski definition) is 1. The minimum atomic E-state index is -0.623. The number of carbonyl (C=O) groups is 4. The lowest BCUT2D eigenvalue weighted by Crippen LogP contribution is -2.52. The molecular weight excluding hydrogens is 380 g/mol. The monoisotopic (exact) mass is 412 g/mol. The van der Waals surface area contributed by atoms with Crippen molar-refractivity contribution in [3.8, 4) is 0 Å². The third kappa shape index (κ3) is 4.63. The molecule has 2 aliphatic heterocycles. The zero-order valence-electron chi connectivity index (χ0n) is 18.4. The summed E-state index contributed by atoms with van der Waals surface area (Å²) in [5.41, 5.74) is 2.50. The zero-order valence-corrected chi connectivity index (χ0v) is 18.4. The van der Waals surface area contributed by atoms with E-state index in [9.17, 15) is 19.2 Å². The highest BCUT2D eigenvalue weighted by Crippen LogP contribution is 2.35. The SMILES string of the molecule is CCCC(C)(C)CC(=O)CC(C)c1cccc2c1CN(C1CCC(=O)NC1=O)C2=O. The zero-order chi connectivity index (χ0) is 22.1. The van der Waals surface area contributed by atoms with Crippen molar-refractivity contribution in [2.45, 2.75) is 84.7 Å². The first-order chi connectivity index (χ1) is 14.1. The number of Topliss-reactive ketones (excluding diaryl/α,β-unsaturated/α-hetero) is 1. The van der Waals surface area contributed by atoms with Gasteiger partial charge in [0.1, 0.15) is 11.8 Å². The molecule has 2 atom stereocenters. The van der Waals surface area contributed by atoms with E-state index >= 15 is 0 Å². The molecule has 1 aromatic carbocycles. The van der Waals surface area contributed by atoms with Gasteiger partial charge in [-0.25, -0.2) is 0 Å². The van der Waals surface area contributed by atoms with Gasteiger partial charge >= 0.3 is 0 Å². The maximum absolute atomic E-state index is 13.0. The lowest BCUT2D eigenvalue weighted by Gasteiger charge is -2.29. The van der Waals surface area contributed by atoms with Gasteiger partial charge in [0.15, 0.2) is 0 Å². The largest absolute Gasteiger partial charge is 0.322 e. The Morgan fingerprint density at radius 1 is 1.27 bits per heavy atom. The standard InChI is InChI=1S/C24H32N2O4/c1-5-11-24(3,4)13-16(27)12-15(2)17-7-6-8-18-19(17)14-26(23(18)30)20-9-10-21(28)25-22(20)29/h6-8,15,20H,5,9-14H2,1-4H3,(H,25,28,29). The molecule has 2 aliphatic rings. The molecule has 0 bridgehead atoms. The van der Waals surface area contributed by atoms with Crippen molar-refractivity contribution < 1.29 is 19.2 Å². The second-order valence-electron chi connectivity index (χ2n) is 9.51. The summed E-state index contributed by atoms with van der Waals surface area (Å²) < 4.78 is 0. The van der Waals surface area contributed by atoms with Gasteiger partial charge in [-0.3, -0.25) is 24.5 Å². The van der Waals surface area contributed by atoms with Crippen molar-refractivity contribution in [2.75, 3.05) is 0 Å². The van der Waals surface area contributed by atoms with Gasteiger partial charge in [-0.15, -0.1) is 0 Å². The maximum Gasteiger partial charge on any atom is 0.255 e. The second-order valence-corrected chi connectivity index (χ2v) is 9.51. The number of amides is 3. The number of carbonyl (C=O) groups excluding carboxylic acids is 4. The lowest BCUT2D eigenvalue weighted by molar-refractivity contribution is -0.137. The van der Waals surface area contributed by atoms with Gasteiger partial charge in [0.05, 0.1) is 0 Å². The van der Waals surface area contributed by atoms with Crippen LogP contribution < -0.4 is 5.32 Å². The predicted octanol–water partition coefficient (Wildman–Crippen LogP) is 3.73. The summed E-state index contributed by atoms with van der Waals surface area (Å²) in [6, 6.07) is 4.99. The number of piperidine rings is 1. The Bertz CT molecular complexity index is 874. The van der Waals surface area contributed by atoms with Crippen LogP contribution in [0.15, 0.2) is 18.2 Å². The summed E-state index contributed by atoms with van der Waals surface area (Å²) in [6.07, 6.45) is 3.66. The molecule has 1 fully saturated rings. The normalized spacial score (nSPS) is 20.2. The molecule has 3 amide bonds. The highest BCUT2D eigenvalue weighted by atomic mass is 16.2. The summed E-state index contributed by atoms with van der Waals surface area (Å²) in [5.74, 6) is -0.636. The summed E-state index contributed by atoms with van der Waals surface area (Å²) in [6.45, 7) is 8.77. The Kier molecular flexibility index (Phi) is 6.44. The van der Waals surface area contributed by atoms with Crippen LogP contribution in [0, 0.1) is 5.41 Å². The summed E-state index contributed by atoms with van der Waals surface area (Å²) >= 11 is 0. The molecule has 2 unspecified atom stereocenters. The van der Waals surface area contributed by atoms with Gasteiger partial charge in [-0.1, -0.05) is 46.2 Å². The number of fused-ring (bicyclic) bond motifs is 1. The van der Waals surface area contributed by atoms with E-state index in [0.717, 1.165) is 24.0 Å². The van der Waals surface area contributed by atoms with E-state index in [4.69, 9.17) is 0 Å². The fourth-order valence-corrected chi connectivity index (χ4v) is 4.89. The molecule has 0 spiro atoms. The molecule has 30 heavy (non-hydrogen) atoms. The molecule has 6 heteroatoms. The van der Waals surface area contributed by atoms with Gasteiger partial charge < -0.3 is 4.90 Å². The Morgan fingerprint density at radius 2 is 2.00 bits per heavy atom. The van der Waals surface area contributed by atoms with Crippen molar-refractivity contribution in [1.29, 1.82) is 0 Å². The van der Waals surface area contributed by atoms with E-state index in [1.165, 1.54) is 0 Å². The van der Waals surface area contributed by atoms with E-state index in [2.05, 4.69) is 26.1 Å². The molecule has 3 rings (SSSR count). The minimum Gasteiger partial charge on any atom is -0.322 e. The second kappa shape index (κ2) is 8.70. The molecule has 1 saturated heterocycles. The average Bonchev–Trinajstić information content (AvgIpc) is 2.97. The number of hydrogen-bond acceptors (Lipinski definition) is 4. The molecule has 0 saturated carbocycles. The van der Waals surface area contributed by atoms with E-state index < -0.39 is 11.9 Å². The lowest BCUT2D eigenvalue weighted by atomic mass is 9.80. The first-order valence-electron chi connectivity index (χ1n) is 10.9. The molecule has 6 nitrogen and oxygen atoms in total. The third-order valence-electron chi connectivity index (χ3n) is 6.29. The molecule has 2 heterocycles. The van der Waals surface area contributed by atoms with Crippen LogP contribution in [0.1, 0.15) is 93.6 Å². The van der Waals surface area contributed by atoms with E-state index in [-0.39, 0.29) is 35.4 Å². The summed E-state index contributed by atoms with van der Waals surface area (Å²) in [7, 11) is 0. The Morgan fingerprint density at radius 3 is 2.67 bits per heavy atom. The number of benzene rings is 1. The Balaban J connectivity index is 1.75. The van der Waals surface area contributed by atoms with Gasteiger partial charge in [-0.2, -0.15) is 0 Å². The van der Waals surface area contributed by atoms with Crippen LogP contribution >= 0.6 is 0 Å². The Labute approximate surface area is 178 Å². The van der Waals surface area contributed by atoms with Gasteiger partial charge in [-0.05, 0) is 41.4 Å². The van der Waals surface area contributed by atoms with E-state index in [1.807, 2.05) is 19.1 Å². The number of imide groups is 1. The molecule has 1 N–H and O–H groups in total. The molecule has 0 aromatic heterocycles. The number of rotatable bonds is 8. The van der Waals surface area contributed by atoms with E-state index in [1.54, 1.807) is 11.0 Å². The molecule has 162 valence electrons. The summed E-state index contributed by atoms with van der Waals surface area (Å²) in [4.78, 5) is 51.0. The molecular formula is C24H32N2O4. The number of ketones is 1. The van der Waals surface area contributed by atoms with Crippen LogP contribution in [0.4, 0.5) is 0 Å². The van der Waals surface area contributed by atoms with Crippen LogP contribution in [0.25, 0.3) is 0 Å². The van der Waals surface area contributed by atoms with Crippen LogP contribution in [-0.4, -0.2) is 34.4 Å². The molecule has 1 aromatic rings. The highest BCUT2D eigenvalue weighted by molar-refractivity contribution is 6.05. The molecule has 0 radical (unpaired) electrons. The maximum atomic E-state index is 13.0. The van der Waals surface area contributed by atoms with Crippen molar-refractivity contribution in [3.05, 3.63) is 34.9 Å². The van der Waals surface area contributed by atoms with Crippen molar-refractivity contribution in [1.82, 2.24) is 10.2 Å². The van der Waals surface area contributed by atoms with Crippen LogP contribution in [0.3, 0.4) is 0 Å². The van der Waals surface area contributed by atoms with Crippen molar-refractivity contribution >= 4 is 23.5 Å². The summed E-state index contributed by atoms with van der Waals surface area (Å²) in [5, 5.41) is 2.33. The van der Waals surface area contributed by atoms with Crippen molar-refractivity contribution in [3.63, 3.8) is 0 Å².